The Labute approximate surface area is 170 Å². The van der Waals surface area contributed by atoms with E-state index in [4.69, 9.17) is 0 Å². The van der Waals surface area contributed by atoms with Crippen molar-refractivity contribution in [1.82, 2.24) is 9.88 Å². The van der Waals surface area contributed by atoms with E-state index < -0.39 is 21.9 Å². The maximum Gasteiger partial charge on any atom is 0.270 e. The summed E-state index contributed by atoms with van der Waals surface area (Å²) < 4.78 is 1.73. The number of thiazole rings is 1. The van der Waals surface area contributed by atoms with Gasteiger partial charge in [-0.1, -0.05) is 12.1 Å². The van der Waals surface area contributed by atoms with Gasteiger partial charge in [0.15, 0.2) is 5.57 Å². The Morgan fingerprint density at radius 1 is 1.48 bits per heavy atom. The molecule has 9 nitrogen and oxygen atoms in total. The summed E-state index contributed by atoms with van der Waals surface area (Å²) >= 11 is 0.957. The van der Waals surface area contributed by atoms with Gasteiger partial charge in [-0.25, -0.2) is 0 Å². The fourth-order valence-corrected chi connectivity index (χ4v) is 3.64. The number of nitrogens with one attached hydrogen (secondary N) is 1. The van der Waals surface area contributed by atoms with Crippen LogP contribution in [0, 0.1) is 21.4 Å². The predicted octanol–water partition coefficient (Wildman–Crippen LogP) is 0.228. The molecule has 29 heavy (non-hydrogen) atoms. The second-order valence-electron chi connectivity index (χ2n) is 6.80. The van der Waals surface area contributed by atoms with Crippen molar-refractivity contribution < 1.29 is 14.8 Å². The average molecular weight is 416 g/mol. The molecule has 2 rings (SSSR count). The number of amides is 1. The number of hydrogen-bond donors (Lipinski definition) is 2. The van der Waals surface area contributed by atoms with Gasteiger partial charge in [0, 0.05) is 18.7 Å². The quantitative estimate of drug-likeness (QED) is 0.511. The fourth-order valence-electron chi connectivity index (χ4n) is 2.48. The molecule has 0 bridgehead atoms. The van der Waals surface area contributed by atoms with Crippen molar-refractivity contribution in [2.75, 3.05) is 6.61 Å². The van der Waals surface area contributed by atoms with Gasteiger partial charge < -0.3 is 10.4 Å². The zero-order valence-electron chi connectivity index (χ0n) is 16.1. The molecular formula is C19H20N4O5S. The van der Waals surface area contributed by atoms with Crippen LogP contribution < -0.4 is 20.1 Å². The number of aliphatic hydroxyl groups is 1. The highest BCUT2D eigenvalue weighted by molar-refractivity contribution is 7.07. The van der Waals surface area contributed by atoms with Crippen molar-refractivity contribution >= 4 is 34.6 Å². The Balaban J connectivity index is 2.70. The van der Waals surface area contributed by atoms with Crippen LogP contribution in [0.25, 0.3) is 11.6 Å². The van der Waals surface area contributed by atoms with Crippen LogP contribution in [-0.4, -0.2) is 32.6 Å². The molecule has 0 aliphatic carbocycles. The molecule has 0 radical (unpaired) electrons. The van der Waals surface area contributed by atoms with Gasteiger partial charge in [0.1, 0.15) is 10.7 Å². The predicted molar refractivity (Wildman–Crippen MR) is 108 cm³/mol. The first-order valence-electron chi connectivity index (χ1n) is 8.67. The Hall–Kier alpha value is -3.29. The van der Waals surface area contributed by atoms with Crippen molar-refractivity contribution in [3.05, 3.63) is 59.5 Å². The van der Waals surface area contributed by atoms with Crippen LogP contribution in [0.3, 0.4) is 0 Å². The van der Waals surface area contributed by atoms with E-state index in [0.717, 1.165) is 11.3 Å². The molecule has 0 fully saturated rings. The van der Waals surface area contributed by atoms with Crippen LogP contribution >= 0.6 is 11.3 Å². The maximum absolute atomic E-state index is 12.7. The average Bonchev–Trinajstić information content (AvgIpc) is 2.97. The number of nitro benzene ring substituents is 1. The first-order valence-corrected chi connectivity index (χ1v) is 9.48. The topological polar surface area (TPSA) is 138 Å². The van der Waals surface area contributed by atoms with E-state index in [1.54, 1.807) is 26.8 Å². The minimum atomic E-state index is -0.939. The maximum atomic E-state index is 12.7. The molecule has 2 N–H and O–H groups in total. The summed E-state index contributed by atoms with van der Waals surface area (Å²) in [6.45, 7) is 4.81. The van der Waals surface area contributed by atoms with E-state index in [-0.39, 0.29) is 33.6 Å². The number of carbonyl (C=O) groups is 1. The Kier molecular flexibility index (Phi) is 6.68. The Morgan fingerprint density at radius 2 is 2.17 bits per heavy atom. The van der Waals surface area contributed by atoms with Gasteiger partial charge in [0.25, 0.3) is 17.2 Å². The van der Waals surface area contributed by atoms with Crippen LogP contribution in [0.5, 0.6) is 0 Å². The van der Waals surface area contributed by atoms with Crippen LogP contribution in [0.4, 0.5) is 5.69 Å². The summed E-state index contributed by atoms with van der Waals surface area (Å²) in [7, 11) is 0. The molecule has 152 valence electrons. The zero-order chi connectivity index (χ0) is 21.8. The largest absolute Gasteiger partial charge is 0.394 e. The number of hydrogen-bond acceptors (Lipinski definition) is 7. The normalized spacial score (nSPS) is 13.0. The number of aliphatic hydroxyl groups excluding tert-OH is 1. The Morgan fingerprint density at radius 3 is 2.72 bits per heavy atom. The standard InChI is InChI=1S/C19H20N4O5S/c1-4-22-17(26)15(9-12-6-5-7-13(8-12)23(27)28)29-18(22)14(10-20)16(25)21-19(2,3)11-24/h5-9,24H,4,11H2,1-3H3,(H,21,25)/b15-9-,18-14-. The summed E-state index contributed by atoms with van der Waals surface area (Å²) in [6.07, 6.45) is 1.49. The monoisotopic (exact) mass is 416 g/mol. The number of nitriles is 1. The van der Waals surface area contributed by atoms with Crippen LogP contribution in [0.2, 0.25) is 0 Å². The van der Waals surface area contributed by atoms with Crippen molar-refractivity contribution in [3.63, 3.8) is 0 Å². The number of benzene rings is 1. The molecule has 0 saturated carbocycles. The van der Waals surface area contributed by atoms with E-state index in [1.807, 2.05) is 6.07 Å². The summed E-state index contributed by atoms with van der Waals surface area (Å²) in [5.74, 6) is -0.697. The number of rotatable bonds is 6. The van der Waals surface area contributed by atoms with Gasteiger partial charge in [-0.3, -0.25) is 24.3 Å². The number of aromatic nitrogens is 1. The third-order valence-corrected chi connectivity index (χ3v) is 5.13. The van der Waals surface area contributed by atoms with E-state index in [2.05, 4.69) is 5.32 Å². The summed E-state index contributed by atoms with van der Waals surface area (Å²) in [5, 5.41) is 32.4. The molecule has 0 saturated heterocycles. The molecule has 0 atom stereocenters. The summed E-state index contributed by atoms with van der Waals surface area (Å²) in [4.78, 5) is 35.7. The SMILES string of the molecule is CCn1c(=O)/c(=C/c2cccc([N+](=O)[O-])c2)s/c1=C(/C#N)C(=O)NC(C)(C)CO. The number of non-ortho nitro benzene ring substituents is 1. The lowest BCUT2D eigenvalue weighted by Crippen LogP contribution is -2.47. The second-order valence-corrected chi connectivity index (χ2v) is 7.83. The molecule has 0 unspecified atom stereocenters. The number of carbonyl (C=O) groups excluding carboxylic acids is 1. The highest BCUT2D eigenvalue weighted by Gasteiger charge is 2.23. The molecule has 10 heteroatoms. The van der Waals surface area contributed by atoms with Crippen molar-refractivity contribution in [1.29, 1.82) is 5.26 Å². The van der Waals surface area contributed by atoms with Crippen LogP contribution in [0.1, 0.15) is 26.3 Å². The number of nitro groups is 1. The Bertz CT molecular complexity index is 1170. The molecule has 1 aromatic carbocycles. The smallest absolute Gasteiger partial charge is 0.270 e. The molecule has 0 aliphatic rings. The van der Waals surface area contributed by atoms with Crippen molar-refractivity contribution in [2.45, 2.75) is 32.9 Å². The van der Waals surface area contributed by atoms with E-state index >= 15 is 0 Å². The molecule has 2 aromatic rings. The first-order chi connectivity index (χ1) is 13.6. The summed E-state index contributed by atoms with van der Waals surface area (Å²) in [6, 6.07) is 7.64. The number of nitrogens with zero attached hydrogens (tertiary/aromatic N) is 3. The third kappa shape index (κ3) is 4.96. The third-order valence-electron chi connectivity index (χ3n) is 4.00. The lowest BCUT2D eigenvalue weighted by Gasteiger charge is -2.22. The van der Waals surface area contributed by atoms with Gasteiger partial charge in [-0.15, -0.1) is 11.3 Å². The molecule has 0 aliphatic heterocycles. The van der Waals surface area contributed by atoms with E-state index in [1.165, 1.54) is 28.8 Å². The highest BCUT2D eigenvalue weighted by Crippen LogP contribution is 2.13. The lowest BCUT2D eigenvalue weighted by molar-refractivity contribution is -0.384. The summed E-state index contributed by atoms with van der Waals surface area (Å²) in [5.41, 5.74) is -1.24. The van der Waals surface area contributed by atoms with Crippen LogP contribution in [0.15, 0.2) is 29.1 Å². The first kappa shape index (κ1) is 22.0. The van der Waals surface area contributed by atoms with Gasteiger partial charge in [0.05, 0.1) is 21.6 Å². The molecule has 0 spiro atoms. The van der Waals surface area contributed by atoms with Gasteiger partial charge >= 0.3 is 0 Å². The highest BCUT2D eigenvalue weighted by atomic mass is 32.1. The minimum Gasteiger partial charge on any atom is -0.394 e. The molecular weight excluding hydrogens is 396 g/mol. The molecule has 1 amide bonds. The minimum absolute atomic E-state index is 0.110. The second kappa shape index (κ2) is 8.81. The van der Waals surface area contributed by atoms with Crippen LogP contribution in [-0.2, 0) is 11.3 Å². The van der Waals surface area contributed by atoms with E-state index in [0.29, 0.717) is 5.56 Å². The molecule has 1 aromatic heterocycles. The zero-order valence-corrected chi connectivity index (χ0v) is 16.9. The fraction of sp³-hybridized carbons (Fsp3) is 0.316. The van der Waals surface area contributed by atoms with Gasteiger partial charge in [0.2, 0.25) is 0 Å². The van der Waals surface area contributed by atoms with Crippen molar-refractivity contribution in [2.24, 2.45) is 0 Å². The van der Waals surface area contributed by atoms with Crippen molar-refractivity contribution in [3.8, 4) is 6.07 Å². The van der Waals surface area contributed by atoms with E-state index in [9.17, 15) is 30.1 Å². The lowest BCUT2D eigenvalue weighted by atomic mass is 10.1. The molecule has 1 heterocycles. The van der Waals surface area contributed by atoms with Gasteiger partial charge in [-0.2, -0.15) is 5.26 Å². The van der Waals surface area contributed by atoms with Gasteiger partial charge in [-0.05, 0) is 32.4 Å².